The number of unbranched alkanes of at least 4 members (excludes halogenated alkanes) is 3. The molecule has 0 spiro atoms. The lowest BCUT2D eigenvalue weighted by atomic mass is 10.1. The summed E-state index contributed by atoms with van der Waals surface area (Å²) < 4.78 is 0. The minimum absolute atomic E-state index is 0.180. The van der Waals surface area contributed by atoms with E-state index < -0.39 is 0 Å². The zero-order valence-corrected chi connectivity index (χ0v) is 15.6. The standard InChI is InChI=1S/C19H32N4O/c1-5-7-9-14-22(17-15(3)11-10-12-16(17)4)19(24)23(18(20)21)13-8-6-2/h10-12H,5-9,13-14H2,1-4H3,(H3,20,21). The molecule has 1 aromatic rings. The number of benzene rings is 1. The predicted octanol–water partition coefficient (Wildman–Crippen LogP) is 4.42. The van der Waals surface area contributed by atoms with Gasteiger partial charge in [0.15, 0.2) is 5.96 Å². The maximum Gasteiger partial charge on any atom is 0.331 e. The molecule has 1 aromatic carbocycles. The van der Waals surface area contributed by atoms with Crippen molar-refractivity contribution >= 4 is 17.7 Å². The van der Waals surface area contributed by atoms with Gasteiger partial charge in [0.05, 0.1) is 5.69 Å². The molecule has 2 amide bonds. The summed E-state index contributed by atoms with van der Waals surface area (Å²) in [5.41, 5.74) is 8.77. The Labute approximate surface area is 146 Å². The number of nitrogens with zero attached hydrogens (tertiary/aromatic N) is 2. The van der Waals surface area contributed by atoms with Gasteiger partial charge in [-0.25, -0.2) is 4.79 Å². The molecule has 134 valence electrons. The molecule has 0 unspecified atom stereocenters. The Balaban J connectivity index is 3.16. The van der Waals surface area contributed by atoms with Gasteiger partial charge in [-0.2, -0.15) is 0 Å². The minimum atomic E-state index is -0.190. The van der Waals surface area contributed by atoms with Crippen LogP contribution >= 0.6 is 0 Å². The summed E-state index contributed by atoms with van der Waals surface area (Å²) in [6.45, 7) is 9.38. The van der Waals surface area contributed by atoms with Gasteiger partial charge < -0.3 is 5.73 Å². The lowest BCUT2D eigenvalue weighted by Gasteiger charge is -2.31. The number of amides is 2. The summed E-state index contributed by atoms with van der Waals surface area (Å²) in [7, 11) is 0. The van der Waals surface area contributed by atoms with Crippen molar-refractivity contribution in [1.82, 2.24) is 4.90 Å². The minimum Gasteiger partial charge on any atom is -0.370 e. The van der Waals surface area contributed by atoms with Crippen molar-refractivity contribution in [2.24, 2.45) is 5.73 Å². The molecule has 0 aliphatic carbocycles. The first kappa shape index (κ1) is 20.0. The molecule has 0 aliphatic rings. The molecule has 0 heterocycles. The molecule has 0 saturated carbocycles. The molecule has 0 aliphatic heterocycles. The average Bonchev–Trinajstić information content (AvgIpc) is 2.53. The molecule has 0 aromatic heterocycles. The third kappa shape index (κ3) is 5.25. The Morgan fingerprint density at radius 1 is 1.04 bits per heavy atom. The van der Waals surface area contributed by atoms with E-state index in [1.54, 1.807) is 4.90 Å². The van der Waals surface area contributed by atoms with E-state index >= 15 is 0 Å². The van der Waals surface area contributed by atoms with Crippen LogP contribution in [0.4, 0.5) is 10.5 Å². The second-order valence-corrected chi connectivity index (χ2v) is 6.27. The van der Waals surface area contributed by atoms with Crippen LogP contribution in [0.5, 0.6) is 0 Å². The normalized spacial score (nSPS) is 10.5. The quantitative estimate of drug-likeness (QED) is 0.420. The number of hydrogen-bond acceptors (Lipinski definition) is 2. The summed E-state index contributed by atoms with van der Waals surface area (Å²) in [6, 6.07) is 5.85. The van der Waals surface area contributed by atoms with E-state index in [1.165, 1.54) is 4.90 Å². The second kappa shape index (κ2) is 9.96. The molecule has 5 heteroatoms. The van der Waals surface area contributed by atoms with Crippen LogP contribution in [0.25, 0.3) is 0 Å². The third-order valence-corrected chi connectivity index (χ3v) is 4.18. The van der Waals surface area contributed by atoms with E-state index in [-0.39, 0.29) is 12.0 Å². The highest BCUT2D eigenvalue weighted by Crippen LogP contribution is 2.26. The smallest absolute Gasteiger partial charge is 0.331 e. The zero-order valence-electron chi connectivity index (χ0n) is 15.6. The van der Waals surface area contributed by atoms with E-state index in [9.17, 15) is 4.79 Å². The molecule has 1 rings (SSSR count). The topological polar surface area (TPSA) is 73.4 Å². The first-order chi connectivity index (χ1) is 11.4. The number of carbonyl (C=O) groups excluding carboxylic acids is 1. The summed E-state index contributed by atoms with van der Waals surface area (Å²) in [4.78, 5) is 16.3. The Morgan fingerprint density at radius 3 is 2.12 bits per heavy atom. The Bertz CT molecular complexity index is 536. The van der Waals surface area contributed by atoms with Crippen molar-refractivity contribution < 1.29 is 4.79 Å². The van der Waals surface area contributed by atoms with Crippen LogP contribution in [-0.4, -0.2) is 30.0 Å². The molecule has 0 radical (unpaired) electrons. The number of guanidine groups is 1. The molecule has 24 heavy (non-hydrogen) atoms. The lowest BCUT2D eigenvalue weighted by Crippen LogP contribution is -2.50. The number of aryl methyl sites for hydroxylation is 2. The molecule has 0 atom stereocenters. The fourth-order valence-corrected chi connectivity index (χ4v) is 2.84. The van der Waals surface area contributed by atoms with Crippen LogP contribution in [0, 0.1) is 19.3 Å². The maximum absolute atomic E-state index is 13.1. The summed E-state index contributed by atoms with van der Waals surface area (Å²) >= 11 is 0. The van der Waals surface area contributed by atoms with Crippen LogP contribution in [0.3, 0.4) is 0 Å². The first-order valence-electron chi connectivity index (χ1n) is 8.93. The molecule has 3 N–H and O–H groups in total. The summed E-state index contributed by atoms with van der Waals surface area (Å²) in [6.07, 6.45) is 4.90. The average molecular weight is 332 g/mol. The van der Waals surface area contributed by atoms with Crippen LogP contribution < -0.4 is 10.6 Å². The number of para-hydroxylation sites is 1. The number of carbonyl (C=O) groups is 1. The number of nitrogens with one attached hydrogen (secondary N) is 1. The van der Waals surface area contributed by atoms with Crippen LogP contribution in [0.15, 0.2) is 18.2 Å². The van der Waals surface area contributed by atoms with Crippen molar-refractivity contribution in [1.29, 1.82) is 5.41 Å². The summed E-state index contributed by atoms with van der Waals surface area (Å²) in [5.74, 6) is -0.180. The zero-order chi connectivity index (χ0) is 18.1. The Kier molecular flexibility index (Phi) is 8.30. The van der Waals surface area contributed by atoms with Crippen molar-refractivity contribution in [2.75, 3.05) is 18.0 Å². The molecular formula is C19H32N4O. The van der Waals surface area contributed by atoms with Crippen molar-refractivity contribution in [3.05, 3.63) is 29.3 Å². The van der Waals surface area contributed by atoms with E-state index in [1.807, 2.05) is 32.0 Å². The van der Waals surface area contributed by atoms with Crippen LogP contribution in [-0.2, 0) is 0 Å². The van der Waals surface area contributed by atoms with Gasteiger partial charge >= 0.3 is 6.03 Å². The number of rotatable bonds is 8. The van der Waals surface area contributed by atoms with Crippen molar-refractivity contribution in [2.45, 2.75) is 59.8 Å². The highest BCUT2D eigenvalue weighted by Gasteiger charge is 2.25. The van der Waals surface area contributed by atoms with Crippen molar-refractivity contribution in [3.8, 4) is 0 Å². The van der Waals surface area contributed by atoms with Gasteiger partial charge in [0.25, 0.3) is 0 Å². The number of anilines is 1. The fourth-order valence-electron chi connectivity index (χ4n) is 2.84. The fraction of sp³-hybridized carbons (Fsp3) is 0.579. The monoisotopic (exact) mass is 332 g/mol. The number of nitrogens with two attached hydrogens (primary N) is 1. The highest BCUT2D eigenvalue weighted by molar-refractivity contribution is 6.03. The SMILES string of the molecule is CCCCCN(C(=O)N(CCCC)C(=N)N)c1c(C)cccc1C. The maximum atomic E-state index is 13.1. The second-order valence-electron chi connectivity index (χ2n) is 6.27. The molecule has 0 bridgehead atoms. The highest BCUT2D eigenvalue weighted by atomic mass is 16.2. The van der Waals surface area contributed by atoms with Crippen LogP contribution in [0.2, 0.25) is 0 Å². The number of urea groups is 1. The van der Waals surface area contributed by atoms with Gasteiger partial charge in [0.1, 0.15) is 0 Å². The van der Waals surface area contributed by atoms with E-state index in [0.29, 0.717) is 13.1 Å². The largest absolute Gasteiger partial charge is 0.370 e. The van der Waals surface area contributed by atoms with E-state index in [0.717, 1.165) is 48.9 Å². The van der Waals surface area contributed by atoms with E-state index in [2.05, 4.69) is 13.8 Å². The molecule has 0 fully saturated rings. The molecule has 5 nitrogen and oxygen atoms in total. The Morgan fingerprint density at radius 2 is 1.62 bits per heavy atom. The third-order valence-electron chi connectivity index (χ3n) is 4.18. The van der Waals surface area contributed by atoms with Crippen LogP contribution in [0.1, 0.15) is 57.1 Å². The molecule has 0 saturated heterocycles. The van der Waals surface area contributed by atoms with Gasteiger partial charge in [0.2, 0.25) is 0 Å². The van der Waals surface area contributed by atoms with Gasteiger partial charge in [0, 0.05) is 13.1 Å². The summed E-state index contributed by atoms with van der Waals surface area (Å²) in [5, 5.41) is 7.79. The predicted molar refractivity (Wildman–Crippen MR) is 102 cm³/mol. The van der Waals surface area contributed by atoms with Crippen molar-refractivity contribution in [3.63, 3.8) is 0 Å². The van der Waals surface area contributed by atoms with Gasteiger partial charge in [-0.3, -0.25) is 15.2 Å². The van der Waals surface area contributed by atoms with Gasteiger partial charge in [-0.1, -0.05) is 51.3 Å². The van der Waals surface area contributed by atoms with Gasteiger partial charge in [-0.05, 0) is 37.8 Å². The first-order valence-corrected chi connectivity index (χ1v) is 8.93. The number of hydrogen-bond donors (Lipinski definition) is 2. The molecular weight excluding hydrogens is 300 g/mol. The van der Waals surface area contributed by atoms with Gasteiger partial charge in [-0.15, -0.1) is 0 Å². The Hall–Kier alpha value is -2.04. The van der Waals surface area contributed by atoms with E-state index in [4.69, 9.17) is 11.1 Å². The lowest BCUT2D eigenvalue weighted by molar-refractivity contribution is 0.225.